The molecule has 0 saturated heterocycles. The number of hydrogen-bond donors (Lipinski definition) is 1. The number of benzene rings is 3. The van der Waals surface area contributed by atoms with Crippen LogP contribution in [-0.4, -0.2) is 61.8 Å². The molecular formula is C40H50ClN3O6S. The fourth-order valence-electron chi connectivity index (χ4n) is 6.79. The summed E-state index contributed by atoms with van der Waals surface area (Å²) in [5.74, 6) is 0.644. The quantitative estimate of drug-likeness (QED) is 0.156. The number of aryl methyl sites for hydroxylation is 1. The molecule has 51 heavy (non-hydrogen) atoms. The number of hydrogen-bond acceptors (Lipinski definition) is 7. The Labute approximate surface area is 308 Å². The monoisotopic (exact) mass is 735 g/mol. The molecule has 5 rings (SSSR count). The van der Waals surface area contributed by atoms with E-state index >= 15 is 0 Å². The van der Waals surface area contributed by atoms with Gasteiger partial charge in [0.05, 0.1) is 31.3 Å². The van der Waals surface area contributed by atoms with Gasteiger partial charge in [-0.3, -0.25) is 14.3 Å². The Hall–Kier alpha value is -3.86. The minimum Gasteiger partial charge on any atom is -0.497 e. The normalized spacial score (nSPS) is 24.4. The number of amides is 2. The minimum absolute atomic E-state index is 0.000992. The van der Waals surface area contributed by atoms with Crippen molar-refractivity contribution in [1.82, 2.24) is 4.72 Å². The molecule has 0 spiro atoms. The van der Waals surface area contributed by atoms with Crippen LogP contribution in [0, 0.1) is 17.8 Å². The van der Waals surface area contributed by atoms with Gasteiger partial charge in [0.15, 0.2) is 0 Å². The maximum absolute atomic E-state index is 14.4. The second kappa shape index (κ2) is 18.1. The maximum Gasteiger partial charge on any atom is 0.286 e. The molecule has 0 radical (unpaired) electrons. The van der Waals surface area contributed by atoms with Crippen molar-refractivity contribution < 1.29 is 28.0 Å². The van der Waals surface area contributed by atoms with Crippen LogP contribution in [0.5, 0.6) is 11.5 Å². The average Bonchev–Trinajstić information content (AvgIpc) is 3.10. The number of allylic oxidation sites excluding steroid dienone is 1. The number of halogens is 1. The second-order valence-electron chi connectivity index (χ2n) is 13.5. The van der Waals surface area contributed by atoms with Crippen LogP contribution in [0.4, 0.5) is 5.69 Å². The highest BCUT2D eigenvalue weighted by molar-refractivity contribution is 7.92. The average molecular weight is 736 g/mol. The molecule has 1 unspecified atom stereocenters. The summed E-state index contributed by atoms with van der Waals surface area (Å²) in [6.45, 7) is 6.02. The predicted molar refractivity (Wildman–Crippen MR) is 204 cm³/mol. The van der Waals surface area contributed by atoms with Crippen molar-refractivity contribution in [2.24, 2.45) is 22.1 Å². The van der Waals surface area contributed by atoms with E-state index < -0.39 is 21.7 Å². The fourth-order valence-corrected chi connectivity index (χ4v) is 8.89. The first kappa shape index (κ1) is 38.4. The predicted octanol–water partition coefficient (Wildman–Crippen LogP) is 8.17. The highest BCUT2D eigenvalue weighted by Gasteiger charge is 2.37. The van der Waals surface area contributed by atoms with Gasteiger partial charge >= 0.3 is 0 Å². The molecule has 0 aromatic heterocycles. The third kappa shape index (κ3) is 10.4. The first-order valence-corrected chi connectivity index (χ1v) is 19.9. The molecule has 1 saturated carbocycles. The third-order valence-corrected chi connectivity index (χ3v) is 12.0. The Balaban J connectivity index is 1.45. The van der Waals surface area contributed by atoms with Crippen LogP contribution in [0.2, 0.25) is 5.02 Å². The van der Waals surface area contributed by atoms with Crippen LogP contribution in [0.15, 0.2) is 83.2 Å². The van der Waals surface area contributed by atoms with E-state index in [1.54, 1.807) is 56.7 Å². The first-order chi connectivity index (χ1) is 24.6. The number of nitrogens with one attached hydrogen (secondary N) is 1. The Morgan fingerprint density at radius 2 is 1.86 bits per heavy atom. The highest BCUT2D eigenvalue weighted by Crippen LogP contribution is 2.41. The number of fused-ring (bicyclic) bond motifs is 3. The lowest BCUT2D eigenvalue weighted by Gasteiger charge is -2.43. The van der Waals surface area contributed by atoms with Gasteiger partial charge in [-0.1, -0.05) is 42.8 Å². The van der Waals surface area contributed by atoms with Gasteiger partial charge in [0.1, 0.15) is 21.4 Å². The standard InChI is InChI=1S/C40H50ClN3O6S/c1-5-44-26-32-17-21-35(32)37(49-4)14-8-10-28(2)27-51(47,42-39(45)30-15-19-34(48-3)20-16-30)43-40(46)31-18-22-38(36(44)25-31)50-23-7-6-11-29-12-9-13-33(41)24-29/h8-9,12-16,18-20,22,24-25,28,32,35,37H,5-7,10-11,17,21,23,26-27H2,1-4H3,(H,42,43,45,46,47)/b14-8+/t28-,32-,35+,37-,51?/m0/s1. The van der Waals surface area contributed by atoms with Gasteiger partial charge < -0.3 is 19.1 Å². The zero-order valence-electron chi connectivity index (χ0n) is 30.0. The van der Waals surface area contributed by atoms with Crippen LogP contribution in [0.25, 0.3) is 0 Å². The Bertz CT molecular complexity index is 1810. The van der Waals surface area contributed by atoms with Gasteiger partial charge in [-0.25, -0.2) is 4.21 Å². The van der Waals surface area contributed by atoms with E-state index in [9.17, 15) is 13.8 Å². The van der Waals surface area contributed by atoms with Crippen molar-refractivity contribution in [3.05, 3.63) is 101 Å². The number of anilines is 1. The van der Waals surface area contributed by atoms with Crippen molar-refractivity contribution in [1.29, 1.82) is 0 Å². The summed E-state index contributed by atoms with van der Waals surface area (Å²) in [6, 6.07) is 19.6. The number of carbonyl (C=O) groups is 2. The van der Waals surface area contributed by atoms with E-state index in [1.807, 2.05) is 25.1 Å². The molecule has 3 aromatic carbocycles. The van der Waals surface area contributed by atoms with E-state index in [2.05, 4.69) is 39.1 Å². The second-order valence-corrected chi connectivity index (χ2v) is 15.9. The molecule has 5 atom stereocenters. The Morgan fingerprint density at radius 3 is 2.55 bits per heavy atom. The van der Waals surface area contributed by atoms with E-state index in [0.717, 1.165) is 49.4 Å². The molecule has 274 valence electrons. The number of carbonyl (C=O) groups excluding carboxylic acids is 2. The Kier molecular flexibility index (Phi) is 13.6. The lowest BCUT2D eigenvalue weighted by Crippen LogP contribution is -2.43. The van der Waals surface area contributed by atoms with Crippen molar-refractivity contribution in [2.45, 2.75) is 58.5 Å². The first-order valence-electron chi connectivity index (χ1n) is 17.8. The molecule has 3 aromatic rings. The van der Waals surface area contributed by atoms with Crippen molar-refractivity contribution in [3.63, 3.8) is 0 Å². The molecule has 2 amide bonds. The van der Waals surface area contributed by atoms with Crippen molar-refractivity contribution in [2.75, 3.05) is 44.6 Å². The fraction of sp³-hybridized carbons (Fsp3) is 0.450. The van der Waals surface area contributed by atoms with Crippen LogP contribution >= 0.6 is 11.6 Å². The molecule has 1 fully saturated rings. The molecule has 1 aliphatic heterocycles. The number of unbranched alkanes of at least 4 members (excludes halogenated alkanes) is 1. The van der Waals surface area contributed by atoms with Gasteiger partial charge in [0.25, 0.3) is 11.8 Å². The minimum atomic E-state index is -3.52. The largest absolute Gasteiger partial charge is 0.497 e. The number of methoxy groups -OCH3 is 2. The Morgan fingerprint density at radius 1 is 1.06 bits per heavy atom. The summed E-state index contributed by atoms with van der Waals surface area (Å²) in [5.41, 5.74) is 2.55. The lowest BCUT2D eigenvalue weighted by atomic mass is 9.70. The summed E-state index contributed by atoms with van der Waals surface area (Å²) in [5, 5.41) is 0.734. The van der Waals surface area contributed by atoms with E-state index in [4.69, 9.17) is 25.8 Å². The third-order valence-electron chi connectivity index (χ3n) is 9.77. The summed E-state index contributed by atoms with van der Waals surface area (Å²) in [7, 11) is -0.236. The van der Waals surface area contributed by atoms with Crippen molar-refractivity contribution in [3.8, 4) is 11.5 Å². The van der Waals surface area contributed by atoms with Gasteiger partial charge in [-0.2, -0.15) is 0 Å². The number of nitrogens with zero attached hydrogens (tertiary/aromatic N) is 2. The van der Waals surface area contributed by atoms with Crippen LogP contribution < -0.4 is 19.1 Å². The zero-order chi connectivity index (χ0) is 36.4. The molecule has 1 heterocycles. The smallest absolute Gasteiger partial charge is 0.286 e. The van der Waals surface area contributed by atoms with Gasteiger partial charge in [-0.05, 0) is 123 Å². The van der Waals surface area contributed by atoms with Gasteiger partial charge in [-0.15, -0.1) is 4.36 Å². The highest BCUT2D eigenvalue weighted by atomic mass is 35.5. The summed E-state index contributed by atoms with van der Waals surface area (Å²) in [6.07, 6.45) is 9.55. The molecule has 2 bridgehead atoms. The van der Waals surface area contributed by atoms with E-state index in [1.165, 1.54) is 5.56 Å². The van der Waals surface area contributed by atoms with Crippen LogP contribution in [0.1, 0.15) is 72.2 Å². The maximum atomic E-state index is 14.4. The summed E-state index contributed by atoms with van der Waals surface area (Å²) < 4.78 is 38.9. The topological polar surface area (TPSA) is 107 Å². The molecule has 1 aliphatic carbocycles. The molecule has 9 nitrogen and oxygen atoms in total. The summed E-state index contributed by atoms with van der Waals surface area (Å²) >= 11 is 6.16. The van der Waals surface area contributed by atoms with Crippen LogP contribution in [0.3, 0.4) is 0 Å². The molecular weight excluding hydrogens is 686 g/mol. The number of ether oxygens (including phenoxy) is 3. The van der Waals surface area contributed by atoms with Crippen LogP contribution in [-0.2, 0) is 21.1 Å². The van der Waals surface area contributed by atoms with E-state index in [0.29, 0.717) is 42.9 Å². The lowest BCUT2D eigenvalue weighted by molar-refractivity contribution is 0.0135. The van der Waals surface area contributed by atoms with Crippen molar-refractivity contribution >= 4 is 39.0 Å². The van der Waals surface area contributed by atoms with Gasteiger partial charge in [0, 0.05) is 36.3 Å². The number of rotatable bonds is 11. The van der Waals surface area contributed by atoms with E-state index in [-0.39, 0.29) is 28.9 Å². The summed E-state index contributed by atoms with van der Waals surface area (Å²) in [4.78, 5) is 29.4. The molecule has 2 aliphatic rings. The molecule has 1 N–H and O–H groups in total. The van der Waals surface area contributed by atoms with Gasteiger partial charge in [0.2, 0.25) is 0 Å². The zero-order valence-corrected chi connectivity index (χ0v) is 31.6. The SMILES string of the molecule is CCN1C[C@@H]2CC[C@H]2[C@@H](OC)/C=C/C[C@H](C)CS(=O)(NC(=O)c2ccc(OC)cc2)=NC(=O)c2ccc(OCCCCc3cccc(Cl)c3)c1c2. The molecule has 11 heteroatoms.